The van der Waals surface area contributed by atoms with E-state index in [0.29, 0.717) is 5.56 Å². The second kappa shape index (κ2) is 5.31. The van der Waals surface area contributed by atoms with Gasteiger partial charge in [-0.15, -0.1) is 0 Å². The van der Waals surface area contributed by atoms with Crippen molar-refractivity contribution in [3.8, 4) is 5.75 Å². The number of amides is 1. The zero-order valence-electron chi connectivity index (χ0n) is 9.53. The summed E-state index contributed by atoms with van der Waals surface area (Å²) in [6.07, 6.45) is 0. The molecule has 1 rings (SSSR count). The summed E-state index contributed by atoms with van der Waals surface area (Å²) in [5.74, 6) is -0.0649. The maximum absolute atomic E-state index is 11.1. The number of carbonyl (C=O) groups is 1. The van der Waals surface area contributed by atoms with E-state index in [9.17, 15) is 9.36 Å². The largest absolute Gasteiger partial charge is 0.524 e. The van der Waals surface area contributed by atoms with E-state index in [1.54, 1.807) is 25.2 Å². The lowest BCUT2D eigenvalue weighted by atomic mass is 10.2. The lowest BCUT2D eigenvalue weighted by molar-refractivity contribution is -0.128. The number of nitrogens with zero attached hydrogens (tertiary/aromatic N) is 1. The molecule has 1 aromatic rings. The van der Waals surface area contributed by atoms with Crippen LogP contribution in [0.3, 0.4) is 0 Å². The maximum Gasteiger partial charge on any atom is 0.524 e. The van der Waals surface area contributed by atoms with Crippen LogP contribution in [-0.2, 0) is 15.9 Å². The van der Waals surface area contributed by atoms with Crippen molar-refractivity contribution in [3.63, 3.8) is 0 Å². The summed E-state index contributed by atoms with van der Waals surface area (Å²) in [7, 11) is -2.99. The summed E-state index contributed by atoms with van der Waals surface area (Å²) in [6, 6.07) is 6.39. The van der Waals surface area contributed by atoms with E-state index in [2.05, 4.69) is 4.52 Å². The van der Waals surface area contributed by atoms with Crippen molar-refractivity contribution in [1.82, 2.24) is 4.90 Å². The molecule has 94 valence electrons. The van der Waals surface area contributed by atoms with Gasteiger partial charge in [-0.2, -0.15) is 0 Å². The lowest BCUT2D eigenvalue weighted by Gasteiger charge is -2.17. The van der Waals surface area contributed by atoms with Gasteiger partial charge in [0, 0.05) is 26.1 Å². The molecule has 0 aliphatic carbocycles. The fraction of sp³-hybridized carbons (Fsp3) is 0.300. The van der Waals surface area contributed by atoms with Crippen molar-refractivity contribution in [3.05, 3.63) is 29.8 Å². The summed E-state index contributed by atoms with van der Waals surface area (Å²) in [5, 5.41) is 0. The van der Waals surface area contributed by atoms with Crippen LogP contribution in [0.15, 0.2) is 24.3 Å². The highest BCUT2D eigenvalue weighted by Gasteiger charge is 2.18. The third-order valence-electron chi connectivity index (χ3n) is 2.13. The van der Waals surface area contributed by atoms with Crippen molar-refractivity contribution >= 4 is 13.7 Å². The van der Waals surface area contributed by atoms with Gasteiger partial charge in [0.1, 0.15) is 5.75 Å². The Morgan fingerprint density at radius 3 is 2.53 bits per heavy atom. The SMILES string of the molecule is CC(=O)N(C)Cc1ccccc1OP(=O)(O)O. The summed E-state index contributed by atoms with van der Waals surface area (Å²) < 4.78 is 15.3. The van der Waals surface area contributed by atoms with Crippen LogP contribution in [0.4, 0.5) is 0 Å². The first kappa shape index (κ1) is 13.7. The summed E-state index contributed by atoms with van der Waals surface area (Å²) in [5.41, 5.74) is 0.536. The molecule has 1 aromatic carbocycles. The number of phosphoric acid groups is 1. The van der Waals surface area contributed by atoms with Crippen LogP contribution in [0.25, 0.3) is 0 Å². The standard InChI is InChI=1S/C10H14NO5P/c1-8(12)11(2)7-9-5-3-4-6-10(9)16-17(13,14)15/h3-6H,7H2,1-2H3,(H2,13,14,15). The number of hydrogen-bond donors (Lipinski definition) is 2. The monoisotopic (exact) mass is 259 g/mol. The van der Waals surface area contributed by atoms with Crippen LogP contribution in [0.5, 0.6) is 5.75 Å². The molecule has 2 N–H and O–H groups in total. The van der Waals surface area contributed by atoms with Gasteiger partial charge in [0.05, 0.1) is 0 Å². The highest BCUT2D eigenvalue weighted by Crippen LogP contribution is 2.39. The van der Waals surface area contributed by atoms with Gasteiger partial charge in [-0.1, -0.05) is 18.2 Å². The Bertz CT molecular complexity index is 456. The molecule has 0 fully saturated rings. The van der Waals surface area contributed by atoms with Gasteiger partial charge < -0.3 is 9.42 Å². The first-order valence-corrected chi connectivity index (χ1v) is 6.37. The van der Waals surface area contributed by atoms with Crippen LogP contribution in [0.2, 0.25) is 0 Å². The third kappa shape index (κ3) is 4.56. The molecule has 0 atom stereocenters. The molecule has 0 aliphatic rings. The lowest BCUT2D eigenvalue weighted by Crippen LogP contribution is -2.23. The molecule has 0 radical (unpaired) electrons. The number of benzene rings is 1. The van der Waals surface area contributed by atoms with E-state index in [1.165, 1.54) is 17.9 Å². The zero-order valence-corrected chi connectivity index (χ0v) is 10.4. The molecule has 0 unspecified atom stereocenters. The Balaban J connectivity index is 2.92. The van der Waals surface area contributed by atoms with Crippen molar-refractivity contribution in [2.45, 2.75) is 13.5 Å². The molecule has 7 heteroatoms. The van der Waals surface area contributed by atoms with Crippen LogP contribution >= 0.6 is 7.82 Å². The molecule has 0 bridgehead atoms. The van der Waals surface area contributed by atoms with Gasteiger partial charge >= 0.3 is 7.82 Å². The fourth-order valence-corrected chi connectivity index (χ4v) is 1.65. The average Bonchev–Trinajstić information content (AvgIpc) is 2.18. The Kier molecular flexibility index (Phi) is 4.28. The second-order valence-electron chi connectivity index (χ2n) is 3.56. The van der Waals surface area contributed by atoms with Gasteiger partial charge in [0.25, 0.3) is 0 Å². The van der Waals surface area contributed by atoms with Crippen LogP contribution in [0, 0.1) is 0 Å². The second-order valence-corrected chi connectivity index (χ2v) is 4.73. The normalized spacial score (nSPS) is 11.1. The molecular formula is C10H14NO5P. The first-order valence-electron chi connectivity index (χ1n) is 4.84. The highest BCUT2D eigenvalue weighted by molar-refractivity contribution is 7.46. The van der Waals surface area contributed by atoms with Crippen molar-refractivity contribution in [1.29, 1.82) is 0 Å². The van der Waals surface area contributed by atoms with Crippen LogP contribution < -0.4 is 4.52 Å². The molecule has 0 aliphatic heterocycles. The van der Waals surface area contributed by atoms with Crippen molar-refractivity contribution in [2.75, 3.05) is 7.05 Å². The molecule has 17 heavy (non-hydrogen) atoms. The molecular weight excluding hydrogens is 245 g/mol. The Morgan fingerprint density at radius 2 is 2.00 bits per heavy atom. The van der Waals surface area contributed by atoms with E-state index >= 15 is 0 Å². The van der Waals surface area contributed by atoms with Gasteiger partial charge in [0.15, 0.2) is 0 Å². The first-order chi connectivity index (χ1) is 7.79. The highest BCUT2D eigenvalue weighted by atomic mass is 31.2. The minimum atomic E-state index is -4.59. The third-order valence-corrected chi connectivity index (χ3v) is 2.57. The summed E-state index contributed by atoms with van der Waals surface area (Å²) in [6.45, 7) is 1.64. The van der Waals surface area contributed by atoms with E-state index in [0.717, 1.165) is 0 Å². The zero-order chi connectivity index (χ0) is 13.1. The van der Waals surface area contributed by atoms with Crippen molar-refractivity contribution < 1.29 is 23.7 Å². The topological polar surface area (TPSA) is 87.1 Å². The van der Waals surface area contributed by atoms with Gasteiger partial charge in [-0.05, 0) is 6.07 Å². The summed E-state index contributed by atoms with van der Waals surface area (Å²) >= 11 is 0. The molecule has 0 saturated carbocycles. The van der Waals surface area contributed by atoms with E-state index < -0.39 is 7.82 Å². The number of para-hydroxylation sites is 1. The predicted molar refractivity (Wildman–Crippen MR) is 61.3 cm³/mol. The van der Waals surface area contributed by atoms with Gasteiger partial charge in [-0.25, -0.2) is 4.57 Å². The fourth-order valence-electron chi connectivity index (χ4n) is 1.22. The molecule has 0 heterocycles. The quantitative estimate of drug-likeness (QED) is 0.791. The minimum absolute atomic E-state index is 0.0777. The maximum atomic E-state index is 11.1. The number of phosphoric ester groups is 1. The van der Waals surface area contributed by atoms with Crippen LogP contribution in [0.1, 0.15) is 12.5 Å². The van der Waals surface area contributed by atoms with E-state index in [-0.39, 0.29) is 18.2 Å². The molecule has 0 saturated heterocycles. The van der Waals surface area contributed by atoms with Crippen molar-refractivity contribution in [2.24, 2.45) is 0 Å². The number of hydrogen-bond acceptors (Lipinski definition) is 3. The minimum Gasteiger partial charge on any atom is -0.404 e. The van der Waals surface area contributed by atoms with Gasteiger partial charge in [-0.3, -0.25) is 14.6 Å². The van der Waals surface area contributed by atoms with Crippen LogP contribution in [-0.4, -0.2) is 27.6 Å². The van der Waals surface area contributed by atoms with E-state index in [1.807, 2.05) is 0 Å². The van der Waals surface area contributed by atoms with Gasteiger partial charge in [0.2, 0.25) is 5.91 Å². The smallest absolute Gasteiger partial charge is 0.404 e. The molecule has 1 amide bonds. The average molecular weight is 259 g/mol. The predicted octanol–water partition coefficient (Wildman–Crippen LogP) is 1.14. The van der Waals surface area contributed by atoms with E-state index in [4.69, 9.17) is 9.79 Å². The number of rotatable bonds is 4. The molecule has 0 aromatic heterocycles. The number of carbonyl (C=O) groups excluding carboxylic acids is 1. The summed E-state index contributed by atoms with van der Waals surface area (Å²) in [4.78, 5) is 30.0. The Hall–Kier alpha value is -1.36. The molecule has 0 spiro atoms. The molecule has 6 nitrogen and oxygen atoms in total. The Morgan fingerprint density at radius 1 is 1.41 bits per heavy atom. The Labute approximate surface area is 99.1 Å².